The molecule has 0 aromatic heterocycles. The van der Waals surface area contributed by atoms with Crippen molar-refractivity contribution >= 4 is 17.7 Å². The maximum Gasteiger partial charge on any atom is 0.248 e. The van der Waals surface area contributed by atoms with Gasteiger partial charge in [-0.15, -0.1) is 0 Å². The van der Waals surface area contributed by atoms with Crippen molar-refractivity contribution in [3.63, 3.8) is 0 Å². The highest BCUT2D eigenvalue weighted by Gasteiger charge is 1.99. The Balaban J connectivity index is 1.81. The van der Waals surface area contributed by atoms with Crippen LogP contribution in [-0.4, -0.2) is 25.7 Å². The van der Waals surface area contributed by atoms with Crippen LogP contribution in [0.15, 0.2) is 60.7 Å². The van der Waals surface area contributed by atoms with Crippen LogP contribution in [0, 0.1) is 0 Å². The van der Waals surface area contributed by atoms with Crippen molar-refractivity contribution in [2.75, 3.05) is 25.1 Å². The van der Waals surface area contributed by atoms with Gasteiger partial charge >= 0.3 is 0 Å². The van der Waals surface area contributed by atoms with E-state index in [1.54, 1.807) is 6.08 Å². The molecule has 0 aliphatic carbocycles. The first-order valence-corrected chi connectivity index (χ1v) is 7.62. The third kappa shape index (κ3) is 6.36. The van der Waals surface area contributed by atoms with Gasteiger partial charge in [-0.3, -0.25) is 4.79 Å². The Hall–Kier alpha value is -2.59. The molecule has 4 nitrogen and oxygen atoms in total. The number of anilines is 1. The lowest BCUT2D eigenvalue weighted by Gasteiger charge is -2.07. The summed E-state index contributed by atoms with van der Waals surface area (Å²) < 4.78 is 10.7. The van der Waals surface area contributed by atoms with E-state index in [1.807, 2.05) is 61.5 Å². The SMILES string of the molecule is CCOCCOc1ccc(NC(=O)/C=C/c2ccccc2)cc1. The van der Waals surface area contributed by atoms with Crippen LogP contribution in [0.3, 0.4) is 0 Å². The number of benzene rings is 2. The number of hydrogen-bond donors (Lipinski definition) is 1. The largest absolute Gasteiger partial charge is 0.491 e. The fourth-order valence-corrected chi connectivity index (χ4v) is 1.92. The Morgan fingerprint density at radius 2 is 1.78 bits per heavy atom. The molecule has 1 N–H and O–H groups in total. The second-order valence-electron chi connectivity index (χ2n) is 4.80. The monoisotopic (exact) mass is 311 g/mol. The second-order valence-corrected chi connectivity index (χ2v) is 4.80. The highest BCUT2D eigenvalue weighted by atomic mass is 16.5. The van der Waals surface area contributed by atoms with Gasteiger partial charge in [0.05, 0.1) is 6.61 Å². The van der Waals surface area contributed by atoms with Gasteiger partial charge in [-0.05, 0) is 42.8 Å². The van der Waals surface area contributed by atoms with Crippen LogP contribution >= 0.6 is 0 Å². The van der Waals surface area contributed by atoms with Crippen LogP contribution in [0.5, 0.6) is 5.75 Å². The molecule has 23 heavy (non-hydrogen) atoms. The lowest BCUT2D eigenvalue weighted by atomic mass is 10.2. The highest BCUT2D eigenvalue weighted by molar-refractivity contribution is 6.01. The first-order valence-electron chi connectivity index (χ1n) is 7.62. The first kappa shape index (κ1) is 16.8. The molecule has 0 saturated carbocycles. The summed E-state index contributed by atoms with van der Waals surface area (Å²) in [5.41, 5.74) is 1.71. The molecule has 0 unspecified atom stereocenters. The number of rotatable bonds is 8. The minimum absolute atomic E-state index is 0.168. The standard InChI is InChI=1S/C19H21NO3/c1-2-22-14-15-23-18-11-9-17(10-12-18)20-19(21)13-8-16-6-4-3-5-7-16/h3-13H,2,14-15H2,1H3,(H,20,21)/b13-8+. The minimum Gasteiger partial charge on any atom is -0.491 e. The van der Waals surface area contributed by atoms with Gasteiger partial charge in [-0.1, -0.05) is 30.3 Å². The normalized spacial score (nSPS) is 10.7. The molecule has 2 aromatic rings. The number of ether oxygens (including phenoxy) is 2. The summed E-state index contributed by atoms with van der Waals surface area (Å²) in [5.74, 6) is 0.585. The van der Waals surface area contributed by atoms with Crippen molar-refractivity contribution in [1.29, 1.82) is 0 Å². The van der Waals surface area contributed by atoms with Gasteiger partial charge < -0.3 is 14.8 Å². The molecule has 0 saturated heterocycles. The summed E-state index contributed by atoms with van der Waals surface area (Å²) in [6, 6.07) is 17.0. The highest BCUT2D eigenvalue weighted by Crippen LogP contribution is 2.15. The number of carbonyl (C=O) groups is 1. The molecule has 120 valence electrons. The van der Waals surface area contributed by atoms with Crippen molar-refractivity contribution < 1.29 is 14.3 Å². The van der Waals surface area contributed by atoms with E-state index in [9.17, 15) is 4.79 Å². The number of nitrogens with one attached hydrogen (secondary N) is 1. The summed E-state index contributed by atoms with van der Waals surface area (Å²) in [4.78, 5) is 11.9. The van der Waals surface area contributed by atoms with Crippen LogP contribution < -0.4 is 10.1 Å². The van der Waals surface area contributed by atoms with Gasteiger partial charge in [0.2, 0.25) is 5.91 Å². The summed E-state index contributed by atoms with van der Waals surface area (Å²) in [5, 5.41) is 2.81. The van der Waals surface area contributed by atoms with Crippen molar-refractivity contribution in [2.45, 2.75) is 6.92 Å². The molecule has 2 aromatic carbocycles. The Morgan fingerprint density at radius 3 is 2.48 bits per heavy atom. The smallest absolute Gasteiger partial charge is 0.248 e. The Bertz CT molecular complexity index is 621. The van der Waals surface area contributed by atoms with E-state index < -0.39 is 0 Å². The van der Waals surface area contributed by atoms with E-state index in [1.165, 1.54) is 6.08 Å². The average Bonchev–Trinajstić information content (AvgIpc) is 2.59. The summed E-state index contributed by atoms with van der Waals surface area (Å²) >= 11 is 0. The maximum absolute atomic E-state index is 11.9. The van der Waals surface area contributed by atoms with Crippen LogP contribution in [0.25, 0.3) is 6.08 Å². The van der Waals surface area contributed by atoms with Crippen molar-refractivity contribution in [1.82, 2.24) is 0 Å². The third-order valence-electron chi connectivity index (χ3n) is 3.05. The van der Waals surface area contributed by atoms with Crippen LogP contribution in [-0.2, 0) is 9.53 Å². The molecule has 0 bridgehead atoms. The fraction of sp³-hybridized carbons (Fsp3) is 0.211. The molecule has 2 rings (SSSR count). The second kappa shape index (κ2) is 9.43. The molecule has 0 spiro atoms. The van der Waals surface area contributed by atoms with Gasteiger partial charge in [0.15, 0.2) is 0 Å². The van der Waals surface area contributed by atoms with Crippen LogP contribution in [0.1, 0.15) is 12.5 Å². The van der Waals surface area contributed by atoms with E-state index in [2.05, 4.69) is 5.32 Å². The molecular weight excluding hydrogens is 290 g/mol. The zero-order chi connectivity index (χ0) is 16.3. The lowest BCUT2D eigenvalue weighted by Crippen LogP contribution is -2.08. The molecule has 0 atom stereocenters. The number of hydrogen-bond acceptors (Lipinski definition) is 3. The topological polar surface area (TPSA) is 47.6 Å². The van der Waals surface area contributed by atoms with Gasteiger partial charge in [0.25, 0.3) is 0 Å². The van der Waals surface area contributed by atoms with Gasteiger partial charge in [-0.2, -0.15) is 0 Å². The first-order chi connectivity index (χ1) is 11.3. The summed E-state index contributed by atoms with van der Waals surface area (Å²) in [6.45, 7) is 3.72. The summed E-state index contributed by atoms with van der Waals surface area (Å²) in [6.07, 6.45) is 3.29. The Morgan fingerprint density at radius 1 is 1.04 bits per heavy atom. The molecule has 0 aliphatic heterocycles. The van der Waals surface area contributed by atoms with E-state index in [0.717, 1.165) is 17.0 Å². The number of carbonyl (C=O) groups excluding carboxylic acids is 1. The molecule has 0 heterocycles. The van der Waals surface area contributed by atoms with E-state index in [-0.39, 0.29) is 5.91 Å². The molecule has 0 aliphatic rings. The predicted molar refractivity (Wildman–Crippen MR) is 92.5 cm³/mol. The van der Waals surface area contributed by atoms with Gasteiger partial charge in [0.1, 0.15) is 12.4 Å². The van der Waals surface area contributed by atoms with E-state index in [0.29, 0.717) is 19.8 Å². The van der Waals surface area contributed by atoms with Crippen LogP contribution in [0.2, 0.25) is 0 Å². The quantitative estimate of drug-likeness (QED) is 0.596. The maximum atomic E-state index is 11.9. The van der Waals surface area contributed by atoms with E-state index in [4.69, 9.17) is 9.47 Å². The fourth-order valence-electron chi connectivity index (χ4n) is 1.92. The van der Waals surface area contributed by atoms with Crippen molar-refractivity contribution in [3.8, 4) is 5.75 Å². The molecular formula is C19H21NO3. The van der Waals surface area contributed by atoms with E-state index >= 15 is 0 Å². The number of amides is 1. The minimum atomic E-state index is -0.168. The molecule has 4 heteroatoms. The zero-order valence-corrected chi connectivity index (χ0v) is 13.2. The van der Waals surface area contributed by atoms with Crippen LogP contribution in [0.4, 0.5) is 5.69 Å². The average molecular weight is 311 g/mol. The van der Waals surface area contributed by atoms with Gasteiger partial charge in [-0.25, -0.2) is 0 Å². The van der Waals surface area contributed by atoms with Crippen molar-refractivity contribution in [2.24, 2.45) is 0 Å². The Kier molecular flexibility index (Phi) is 6.88. The zero-order valence-electron chi connectivity index (χ0n) is 13.2. The molecule has 0 fully saturated rings. The third-order valence-corrected chi connectivity index (χ3v) is 3.05. The summed E-state index contributed by atoms with van der Waals surface area (Å²) in [7, 11) is 0. The lowest BCUT2D eigenvalue weighted by molar-refractivity contribution is -0.111. The Labute approximate surface area is 136 Å². The molecule has 1 amide bonds. The molecule has 0 radical (unpaired) electrons. The van der Waals surface area contributed by atoms with Gasteiger partial charge in [0, 0.05) is 18.4 Å². The predicted octanol–water partition coefficient (Wildman–Crippen LogP) is 3.75. The van der Waals surface area contributed by atoms with Crippen molar-refractivity contribution in [3.05, 3.63) is 66.2 Å².